The van der Waals surface area contributed by atoms with Gasteiger partial charge in [-0.15, -0.1) is 0 Å². The maximum Gasteiger partial charge on any atom is 0.140 e. The van der Waals surface area contributed by atoms with E-state index in [9.17, 15) is 0 Å². The summed E-state index contributed by atoms with van der Waals surface area (Å²) in [7, 11) is 2.10. The van der Waals surface area contributed by atoms with Gasteiger partial charge >= 0.3 is 0 Å². The summed E-state index contributed by atoms with van der Waals surface area (Å²) in [4.78, 5) is 4.94. The van der Waals surface area contributed by atoms with Gasteiger partial charge in [0.05, 0.1) is 11.0 Å². The number of hydrogen-bond donors (Lipinski definition) is 0. The van der Waals surface area contributed by atoms with Crippen LogP contribution >= 0.6 is 0 Å². The molecule has 43 heavy (non-hydrogen) atoms. The molecule has 1 aliphatic rings. The maximum atomic E-state index is 4.94. The normalized spacial score (nSPS) is 13.7. The third-order valence-electron chi connectivity index (χ3n) is 9.74. The van der Waals surface area contributed by atoms with Gasteiger partial charge in [0, 0.05) is 18.0 Å². The predicted octanol–water partition coefficient (Wildman–Crippen LogP) is 10.7. The minimum Gasteiger partial charge on any atom is -0.327 e. The van der Waals surface area contributed by atoms with Crippen molar-refractivity contribution < 1.29 is 0 Å². The molecule has 0 unspecified atom stereocenters. The zero-order valence-electron chi connectivity index (χ0n) is 24.5. The lowest BCUT2D eigenvalue weighted by atomic mass is 9.77. The second-order valence-electron chi connectivity index (χ2n) is 12.4. The average molecular weight is 551 g/mol. The highest BCUT2D eigenvalue weighted by Gasteiger charge is 2.40. The maximum absolute atomic E-state index is 4.94. The highest BCUT2D eigenvalue weighted by molar-refractivity contribution is 6.20. The highest BCUT2D eigenvalue weighted by atomic mass is 15.1. The Labute approximate surface area is 250 Å². The van der Waals surface area contributed by atoms with Crippen molar-refractivity contribution in [3.05, 3.63) is 139 Å². The number of aromatic nitrogens is 2. The number of hydrogen-bond acceptors (Lipinski definition) is 1. The zero-order chi connectivity index (χ0) is 28.9. The monoisotopic (exact) mass is 550 g/mol. The van der Waals surface area contributed by atoms with Gasteiger partial charge in [-0.3, -0.25) is 0 Å². The van der Waals surface area contributed by atoms with Crippen molar-refractivity contribution in [2.24, 2.45) is 7.05 Å². The van der Waals surface area contributed by atoms with Crippen molar-refractivity contribution in [3.8, 4) is 33.6 Å². The van der Waals surface area contributed by atoms with Crippen molar-refractivity contribution in [2.75, 3.05) is 0 Å². The van der Waals surface area contributed by atoms with Crippen LogP contribution in [0.15, 0.2) is 127 Å². The Hall–Kier alpha value is -5.21. The number of imidazole rings is 1. The molecule has 9 rings (SSSR count). The summed E-state index contributed by atoms with van der Waals surface area (Å²) < 4.78 is 2.18. The fourth-order valence-electron chi connectivity index (χ4n) is 7.88. The topological polar surface area (TPSA) is 17.8 Å². The van der Waals surface area contributed by atoms with Crippen molar-refractivity contribution >= 4 is 43.4 Å². The third kappa shape index (κ3) is 3.26. The molecule has 0 saturated heterocycles. The van der Waals surface area contributed by atoms with Crippen LogP contribution in [0.3, 0.4) is 0 Å². The van der Waals surface area contributed by atoms with Crippen LogP contribution in [0.1, 0.15) is 25.0 Å². The number of para-hydroxylation sites is 2. The summed E-state index contributed by atoms with van der Waals surface area (Å²) in [6.45, 7) is 4.83. The van der Waals surface area contributed by atoms with Crippen molar-refractivity contribution in [2.45, 2.75) is 19.3 Å². The SMILES string of the molecule is Cn1c(-c2ccc(-c3cc4c(c5ccccc35)C(C)(C)c3c-4c4ccccc4c4ccccc34)cc2)nc2ccccc21. The summed E-state index contributed by atoms with van der Waals surface area (Å²) >= 11 is 0. The molecule has 0 radical (unpaired) electrons. The van der Waals surface area contributed by atoms with Crippen molar-refractivity contribution in [1.82, 2.24) is 9.55 Å². The van der Waals surface area contributed by atoms with E-state index >= 15 is 0 Å². The number of fused-ring (bicyclic) bond motifs is 11. The van der Waals surface area contributed by atoms with Crippen LogP contribution in [0, 0.1) is 0 Å². The summed E-state index contributed by atoms with van der Waals surface area (Å²) in [5.41, 5.74) is 11.3. The fraction of sp³-hybridized carbons (Fsp3) is 0.0976. The van der Waals surface area contributed by atoms with Gasteiger partial charge in [0.15, 0.2) is 0 Å². The van der Waals surface area contributed by atoms with E-state index in [0.29, 0.717) is 0 Å². The van der Waals surface area contributed by atoms with Gasteiger partial charge in [-0.1, -0.05) is 123 Å². The Bertz CT molecular complexity index is 2420. The first kappa shape index (κ1) is 24.4. The van der Waals surface area contributed by atoms with Crippen LogP contribution in [-0.2, 0) is 12.5 Å². The summed E-state index contributed by atoms with van der Waals surface area (Å²) in [6, 6.07) is 46.6. The van der Waals surface area contributed by atoms with Crippen molar-refractivity contribution in [3.63, 3.8) is 0 Å². The molecule has 0 bridgehead atoms. The fourth-order valence-corrected chi connectivity index (χ4v) is 7.88. The lowest BCUT2D eigenvalue weighted by Crippen LogP contribution is -2.16. The first-order chi connectivity index (χ1) is 21.0. The lowest BCUT2D eigenvalue weighted by molar-refractivity contribution is 0.672. The second-order valence-corrected chi connectivity index (χ2v) is 12.4. The van der Waals surface area contributed by atoms with E-state index in [1.165, 1.54) is 65.7 Å². The van der Waals surface area contributed by atoms with Crippen molar-refractivity contribution in [1.29, 1.82) is 0 Å². The molecule has 0 fully saturated rings. The van der Waals surface area contributed by atoms with E-state index in [0.717, 1.165) is 22.4 Å². The van der Waals surface area contributed by atoms with Crippen LogP contribution in [0.5, 0.6) is 0 Å². The van der Waals surface area contributed by atoms with E-state index in [4.69, 9.17) is 4.98 Å². The molecule has 204 valence electrons. The summed E-state index contributed by atoms with van der Waals surface area (Å²) in [6.07, 6.45) is 0. The predicted molar refractivity (Wildman–Crippen MR) is 182 cm³/mol. The van der Waals surface area contributed by atoms with E-state index in [2.05, 4.69) is 147 Å². The van der Waals surface area contributed by atoms with Gasteiger partial charge in [0.1, 0.15) is 5.82 Å². The molecule has 2 nitrogen and oxygen atoms in total. The van der Waals surface area contributed by atoms with Gasteiger partial charge < -0.3 is 4.57 Å². The largest absolute Gasteiger partial charge is 0.327 e. The van der Waals surface area contributed by atoms with Crippen LogP contribution < -0.4 is 0 Å². The molecule has 0 amide bonds. The standard InChI is InChI=1S/C41H30N2/c1-41(2)38-31-16-8-6-14-29(31)33(25-20-22-26(23-21-25)40-42-35-18-10-11-19-36(35)43(40)3)24-34(38)37-30-15-7-4-12-27(30)28-13-5-9-17-32(28)39(37)41/h4-24H,1-3H3. The summed E-state index contributed by atoms with van der Waals surface area (Å²) in [5.74, 6) is 0.987. The number of benzene rings is 7. The molecule has 0 atom stereocenters. The van der Waals surface area contributed by atoms with Crippen LogP contribution in [-0.4, -0.2) is 9.55 Å². The first-order valence-corrected chi connectivity index (χ1v) is 15.0. The molecular weight excluding hydrogens is 520 g/mol. The van der Waals surface area contributed by atoms with Crippen LogP contribution in [0.4, 0.5) is 0 Å². The Morgan fingerprint density at radius 1 is 0.512 bits per heavy atom. The average Bonchev–Trinajstić information content (AvgIpc) is 3.51. The lowest BCUT2D eigenvalue weighted by Gasteiger charge is -2.25. The molecule has 0 aliphatic heterocycles. The number of nitrogens with zero attached hydrogens (tertiary/aromatic N) is 2. The molecule has 1 heterocycles. The minimum absolute atomic E-state index is 0.142. The molecule has 1 aromatic heterocycles. The molecule has 0 saturated carbocycles. The first-order valence-electron chi connectivity index (χ1n) is 15.0. The molecular formula is C41H30N2. The van der Waals surface area contributed by atoms with Crippen LogP contribution in [0.25, 0.3) is 77.0 Å². The molecule has 0 N–H and O–H groups in total. The van der Waals surface area contributed by atoms with Gasteiger partial charge in [0.2, 0.25) is 0 Å². The summed E-state index contributed by atoms with van der Waals surface area (Å²) in [5, 5.41) is 7.98. The Morgan fingerprint density at radius 3 is 1.74 bits per heavy atom. The smallest absolute Gasteiger partial charge is 0.140 e. The van der Waals surface area contributed by atoms with Gasteiger partial charge in [-0.25, -0.2) is 4.98 Å². The van der Waals surface area contributed by atoms with E-state index in [1.54, 1.807) is 0 Å². The second kappa shape index (κ2) is 8.65. The minimum atomic E-state index is -0.142. The number of aryl methyl sites for hydroxylation is 1. The zero-order valence-corrected chi connectivity index (χ0v) is 24.5. The quantitative estimate of drug-likeness (QED) is 0.196. The van der Waals surface area contributed by atoms with Gasteiger partial charge in [-0.2, -0.15) is 0 Å². The Balaban J connectivity index is 1.31. The Kier molecular flexibility index (Phi) is 4.91. The Morgan fingerprint density at radius 2 is 1.05 bits per heavy atom. The molecule has 8 aromatic rings. The molecule has 7 aromatic carbocycles. The highest BCUT2D eigenvalue weighted by Crippen LogP contribution is 2.57. The van der Waals surface area contributed by atoms with E-state index in [-0.39, 0.29) is 5.41 Å². The van der Waals surface area contributed by atoms with E-state index in [1.807, 2.05) is 6.07 Å². The van der Waals surface area contributed by atoms with E-state index < -0.39 is 0 Å². The molecule has 1 aliphatic carbocycles. The third-order valence-corrected chi connectivity index (χ3v) is 9.74. The molecule has 2 heteroatoms. The van der Waals surface area contributed by atoms with Gasteiger partial charge in [-0.05, 0) is 83.9 Å². The van der Waals surface area contributed by atoms with Gasteiger partial charge in [0.25, 0.3) is 0 Å². The molecule has 0 spiro atoms. The van der Waals surface area contributed by atoms with Crippen LogP contribution in [0.2, 0.25) is 0 Å². The number of rotatable bonds is 2.